The van der Waals surface area contributed by atoms with Crippen molar-refractivity contribution in [1.29, 1.82) is 0 Å². The molecule has 0 N–H and O–H groups in total. The number of hydrogen-bond donors (Lipinski definition) is 0. The Kier molecular flexibility index (Phi) is 6.36. The van der Waals surface area contributed by atoms with Gasteiger partial charge in [0.2, 0.25) is 5.91 Å². The predicted molar refractivity (Wildman–Crippen MR) is 93.6 cm³/mol. The molecule has 0 saturated carbocycles. The Labute approximate surface area is 138 Å². The fourth-order valence-corrected chi connectivity index (χ4v) is 2.75. The van der Waals surface area contributed by atoms with Gasteiger partial charge in [0.1, 0.15) is 0 Å². The van der Waals surface area contributed by atoms with E-state index in [1.54, 1.807) is 12.0 Å². The van der Waals surface area contributed by atoms with Gasteiger partial charge in [-0.2, -0.15) is 0 Å². The number of likely N-dealkylation sites (N-methyl/N-ethyl adjacent to an activating group) is 1. The van der Waals surface area contributed by atoms with E-state index in [2.05, 4.69) is 31.2 Å². The Morgan fingerprint density at radius 1 is 1.09 bits per heavy atom. The Morgan fingerprint density at radius 2 is 1.74 bits per heavy atom. The number of amides is 1. The monoisotopic (exact) mass is 311 g/mol. The van der Waals surface area contributed by atoms with Gasteiger partial charge < -0.3 is 9.64 Å². The highest BCUT2D eigenvalue weighted by Gasteiger charge is 2.21. The van der Waals surface area contributed by atoms with Crippen molar-refractivity contribution >= 4 is 5.91 Å². The van der Waals surface area contributed by atoms with Crippen molar-refractivity contribution in [3.8, 4) is 0 Å². The zero-order valence-corrected chi connectivity index (χ0v) is 14.2. The Balaban J connectivity index is 2.25. The summed E-state index contributed by atoms with van der Waals surface area (Å²) < 4.78 is 5.06. The molecule has 3 heteroatoms. The second kappa shape index (κ2) is 8.49. The Bertz CT molecular complexity index is 625. The van der Waals surface area contributed by atoms with Crippen LogP contribution in [0.4, 0.5) is 0 Å². The van der Waals surface area contributed by atoms with Gasteiger partial charge >= 0.3 is 0 Å². The number of carbonyl (C=O) groups excluding carboxylic acids is 1. The summed E-state index contributed by atoms with van der Waals surface area (Å²) in [5.41, 5.74) is 3.61. The third kappa shape index (κ3) is 4.67. The van der Waals surface area contributed by atoms with Crippen LogP contribution in [0.3, 0.4) is 0 Å². The summed E-state index contributed by atoms with van der Waals surface area (Å²) in [7, 11) is 3.49. The lowest BCUT2D eigenvalue weighted by Crippen LogP contribution is -2.31. The molecule has 2 rings (SSSR count). The lowest BCUT2D eigenvalue weighted by Gasteiger charge is -2.23. The maximum atomic E-state index is 12.6. The van der Waals surface area contributed by atoms with E-state index in [-0.39, 0.29) is 11.8 Å². The van der Waals surface area contributed by atoms with Gasteiger partial charge in [0.15, 0.2) is 0 Å². The van der Waals surface area contributed by atoms with Crippen LogP contribution in [0, 0.1) is 6.92 Å². The minimum Gasteiger partial charge on any atom is -0.383 e. The first-order valence-corrected chi connectivity index (χ1v) is 7.97. The van der Waals surface area contributed by atoms with Gasteiger partial charge in [-0.1, -0.05) is 54.6 Å². The molecule has 0 aromatic heterocycles. The maximum Gasteiger partial charge on any atom is 0.223 e. The number of nitrogens with zero attached hydrogens (tertiary/aromatic N) is 1. The number of aryl methyl sites for hydroxylation is 1. The Hall–Kier alpha value is -2.13. The molecule has 122 valence electrons. The molecule has 23 heavy (non-hydrogen) atoms. The molecule has 0 heterocycles. The van der Waals surface area contributed by atoms with Crippen molar-refractivity contribution < 1.29 is 9.53 Å². The van der Waals surface area contributed by atoms with E-state index >= 15 is 0 Å². The van der Waals surface area contributed by atoms with E-state index in [9.17, 15) is 4.79 Å². The molecular weight excluding hydrogens is 286 g/mol. The van der Waals surface area contributed by atoms with Gasteiger partial charge in [-0.05, 0) is 23.6 Å². The Morgan fingerprint density at radius 3 is 2.39 bits per heavy atom. The topological polar surface area (TPSA) is 29.5 Å². The lowest BCUT2D eigenvalue weighted by molar-refractivity contribution is -0.130. The summed E-state index contributed by atoms with van der Waals surface area (Å²) >= 11 is 0. The third-order valence-corrected chi connectivity index (χ3v) is 4.20. The van der Waals surface area contributed by atoms with Gasteiger partial charge in [-0.25, -0.2) is 0 Å². The number of hydrogen-bond acceptors (Lipinski definition) is 2. The van der Waals surface area contributed by atoms with Gasteiger partial charge in [0.05, 0.1) is 6.61 Å². The van der Waals surface area contributed by atoms with Crippen molar-refractivity contribution in [2.75, 3.05) is 27.3 Å². The molecule has 0 bridgehead atoms. The molecular formula is C20H25NO2. The average Bonchev–Trinajstić information content (AvgIpc) is 2.59. The summed E-state index contributed by atoms with van der Waals surface area (Å²) in [4.78, 5) is 14.3. The highest BCUT2D eigenvalue weighted by Crippen LogP contribution is 2.30. The molecule has 0 aliphatic rings. The van der Waals surface area contributed by atoms with Crippen molar-refractivity contribution in [3.63, 3.8) is 0 Å². The molecule has 2 aromatic carbocycles. The molecule has 1 atom stereocenters. The molecule has 0 aliphatic heterocycles. The fourth-order valence-electron chi connectivity index (χ4n) is 2.75. The molecule has 0 fully saturated rings. The van der Waals surface area contributed by atoms with Crippen molar-refractivity contribution in [1.82, 2.24) is 4.90 Å². The van der Waals surface area contributed by atoms with E-state index in [1.165, 1.54) is 16.7 Å². The van der Waals surface area contributed by atoms with Crippen LogP contribution >= 0.6 is 0 Å². The van der Waals surface area contributed by atoms with E-state index in [4.69, 9.17) is 4.74 Å². The quantitative estimate of drug-likeness (QED) is 0.781. The standard InChI is InChI=1S/C20H25NO2/c1-16-9-7-8-12-18(16)19(17-10-5-4-6-11-17)15-20(22)21(2)13-14-23-3/h4-12,19H,13-15H2,1-3H3/t19-/m0/s1. The summed E-state index contributed by atoms with van der Waals surface area (Å²) in [5.74, 6) is 0.217. The summed E-state index contributed by atoms with van der Waals surface area (Å²) in [6.45, 7) is 3.28. The minimum atomic E-state index is 0.0786. The summed E-state index contributed by atoms with van der Waals surface area (Å²) in [5, 5.41) is 0. The lowest BCUT2D eigenvalue weighted by atomic mass is 9.86. The number of rotatable bonds is 7. The van der Waals surface area contributed by atoms with Crippen molar-refractivity contribution in [2.24, 2.45) is 0 Å². The first kappa shape index (κ1) is 17.2. The van der Waals surface area contributed by atoms with Crippen LogP contribution in [-0.4, -0.2) is 38.1 Å². The summed E-state index contributed by atoms with van der Waals surface area (Å²) in [6, 6.07) is 18.5. The second-order valence-electron chi connectivity index (χ2n) is 5.83. The van der Waals surface area contributed by atoms with E-state index < -0.39 is 0 Å². The average molecular weight is 311 g/mol. The van der Waals surface area contributed by atoms with Gasteiger partial charge in [0, 0.05) is 33.0 Å². The summed E-state index contributed by atoms with van der Waals surface area (Å²) in [6.07, 6.45) is 0.467. The second-order valence-corrected chi connectivity index (χ2v) is 5.83. The van der Waals surface area contributed by atoms with Crippen LogP contribution in [0.1, 0.15) is 29.0 Å². The van der Waals surface area contributed by atoms with Crippen LogP contribution in [-0.2, 0) is 9.53 Å². The van der Waals surface area contributed by atoms with E-state index in [1.807, 2.05) is 37.4 Å². The molecule has 1 amide bonds. The molecule has 0 aliphatic carbocycles. The van der Waals surface area contributed by atoms with Gasteiger partial charge in [-0.3, -0.25) is 4.79 Å². The smallest absolute Gasteiger partial charge is 0.223 e. The number of carbonyl (C=O) groups is 1. The van der Waals surface area contributed by atoms with Crippen LogP contribution in [0.25, 0.3) is 0 Å². The third-order valence-electron chi connectivity index (χ3n) is 4.20. The number of methoxy groups -OCH3 is 1. The first-order chi connectivity index (χ1) is 11.1. The van der Waals surface area contributed by atoms with E-state index in [0.29, 0.717) is 19.6 Å². The number of ether oxygens (including phenoxy) is 1. The van der Waals surface area contributed by atoms with Gasteiger partial charge in [-0.15, -0.1) is 0 Å². The minimum absolute atomic E-state index is 0.0786. The van der Waals surface area contributed by atoms with Crippen LogP contribution in [0.15, 0.2) is 54.6 Å². The number of benzene rings is 2. The molecule has 0 saturated heterocycles. The molecule has 0 unspecified atom stereocenters. The molecule has 2 aromatic rings. The zero-order valence-electron chi connectivity index (χ0n) is 14.2. The molecule has 0 spiro atoms. The maximum absolute atomic E-state index is 12.6. The van der Waals surface area contributed by atoms with Crippen LogP contribution in [0.5, 0.6) is 0 Å². The first-order valence-electron chi connectivity index (χ1n) is 7.97. The van der Waals surface area contributed by atoms with Crippen molar-refractivity contribution in [2.45, 2.75) is 19.3 Å². The molecule has 3 nitrogen and oxygen atoms in total. The van der Waals surface area contributed by atoms with Crippen LogP contribution < -0.4 is 0 Å². The predicted octanol–water partition coefficient (Wildman–Crippen LogP) is 3.62. The normalized spacial score (nSPS) is 12.0. The molecule has 0 radical (unpaired) electrons. The largest absolute Gasteiger partial charge is 0.383 e. The highest BCUT2D eigenvalue weighted by molar-refractivity contribution is 5.77. The van der Waals surface area contributed by atoms with Gasteiger partial charge in [0.25, 0.3) is 0 Å². The zero-order chi connectivity index (χ0) is 16.7. The fraction of sp³-hybridized carbons (Fsp3) is 0.350. The van der Waals surface area contributed by atoms with Crippen molar-refractivity contribution in [3.05, 3.63) is 71.3 Å². The highest BCUT2D eigenvalue weighted by atomic mass is 16.5. The SMILES string of the molecule is COCCN(C)C(=O)C[C@@H](c1ccccc1)c1ccccc1C. The van der Waals surface area contributed by atoms with E-state index in [0.717, 1.165) is 0 Å². The van der Waals surface area contributed by atoms with Crippen LogP contribution in [0.2, 0.25) is 0 Å².